The van der Waals surface area contributed by atoms with Gasteiger partial charge in [-0.25, -0.2) is 4.39 Å². The minimum Gasteiger partial charge on any atom is -0.497 e. The van der Waals surface area contributed by atoms with Gasteiger partial charge in [0.1, 0.15) is 11.6 Å². The number of hydrogen-bond donors (Lipinski definition) is 1. The van der Waals surface area contributed by atoms with E-state index in [0.29, 0.717) is 12.1 Å². The third kappa shape index (κ3) is 4.60. The second kappa shape index (κ2) is 7.43. The van der Waals surface area contributed by atoms with E-state index in [1.54, 1.807) is 25.3 Å². The van der Waals surface area contributed by atoms with E-state index in [1.165, 1.54) is 6.07 Å². The van der Waals surface area contributed by atoms with Crippen molar-refractivity contribution in [1.82, 2.24) is 5.32 Å². The molecule has 0 aliphatic rings. The molecule has 3 nitrogen and oxygen atoms in total. The Morgan fingerprint density at radius 2 is 1.86 bits per heavy atom. The van der Waals surface area contributed by atoms with Crippen LogP contribution < -0.4 is 10.1 Å². The van der Waals surface area contributed by atoms with Gasteiger partial charge >= 0.3 is 0 Å². The largest absolute Gasteiger partial charge is 0.497 e. The number of benzene rings is 2. The summed E-state index contributed by atoms with van der Waals surface area (Å²) >= 11 is 0. The molecule has 2 aromatic rings. The summed E-state index contributed by atoms with van der Waals surface area (Å²) in [5.74, 6) is 0.291. The van der Waals surface area contributed by atoms with Crippen LogP contribution in [0, 0.1) is 5.82 Å². The molecule has 2 rings (SSSR count). The lowest BCUT2D eigenvalue weighted by Gasteiger charge is -2.07. The van der Waals surface area contributed by atoms with Crippen molar-refractivity contribution < 1.29 is 13.9 Å². The summed E-state index contributed by atoms with van der Waals surface area (Å²) in [4.78, 5) is 11.8. The number of rotatable bonds is 6. The lowest BCUT2D eigenvalue weighted by Crippen LogP contribution is -2.27. The van der Waals surface area contributed by atoms with Crippen molar-refractivity contribution in [2.45, 2.75) is 12.8 Å². The van der Waals surface area contributed by atoms with Crippen LogP contribution in [0.15, 0.2) is 48.5 Å². The van der Waals surface area contributed by atoms with E-state index in [2.05, 4.69) is 5.32 Å². The Bertz CT molecular complexity index is 596. The Morgan fingerprint density at radius 3 is 2.52 bits per heavy atom. The average Bonchev–Trinajstić information content (AvgIpc) is 2.50. The molecule has 21 heavy (non-hydrogen) atoms. The maximum atomic E-state index is 13.4. The molecule has 0 radical (unpaired) electrons. The molecule has 1 amide bonds. The molecule has 0 saturated carbocycles. The zero-order valence-corrected chi connectivity index (χ0v) is 11.9. The highest BCUT2D eigenvalue weighted by Crippen LogP contribution is 2.11. The molecule has 0 spiro atoms. The lowest BCUT2D eigenvalue weighted by atomic mass is 10.1. The van der Waals surface area contributed by atoms with Crippen LogP contribution in [-0.2, 0) is 17.6 Å². The molecular weight excluding hydrogens is 269 g/mol. The summed E-state index contributed by atoms with van der Waals surface area (Å²) in [5, 5.41) is 2.80. The second-order valence-electron chi connectivity index (χ2n) is 4.72. The Morgan fingerprint density at radius 1 is 1.14 bits per heavy atom. The maximum absolute atomic E-state index is 13.4. The molecule has 0 aliphatic carbocycles. The monoisotopic (exact) mass is 287 g/mol. The fourth-order valence-electron chi connectivity index (χ4n) is 2.02. The van der Waals surface area contributed by atoms with Crippen LogP contribution in [-0.4, -0.2) is 19.6 Å². The van der Waals surface area contributed by atoms with Gasteiger partial charge in [-0.1, -0.05) is 30.3 Å². The summed E-state index contributed by atoms with van der Waals surface area (Å²) < 4.78 is 18.5. The van der Waals surface area contributed by atoms with E-state index in [-0.39, 0.29) is 18.1 Å². The highest BCUT2D eigenvalue weighted by Gasteiger charge is 2.06. The maximum Gasteiger partial charge on any atom is 0.224 e. The number of carbonyl (C=O) groups is 1. The van der Waals surface area contributed by atoms with Gasteiger partial charge in [-0.15, -0.1) is 0 Å². The molecule has 0 heterocycles. The Balaban J connectivity index is 1.77. The predicted octanol–water partition coefficient (Wildman–Crippen LogP) is 2.74. The van der Waals surface area contributed by atoms with Crippen LogP contribution in [0.4, 0.5) is 4.39 Å². The third-order valence-electron chi connectivity index (χ3n) is 3.20. The minimum absolute atomic E-state index is 0.0648. The summed E-state index contributed by atoms with van der Waals surface area (Å²) in [7, 11) is 1.62. The molecule has 0 unspecified atom stereocenters. The second-order valence-corrected chi connectivity index (χ2v) is 4.72. The zero-order valence-electron chi connectivity index (χ0n) is 11.9. The molecule has 0 fully saturated rings. The first-order valence-corrected chi connectivity index (χ1v) is 6.82. The SMILES string of the molecule is COc1ccc(CCNC(=O)Cc2ccccc2F)cc1. The average molecular weight is 287 g/mol. The van der Waals surface area contributed by atoms with Crippen LogP contribution in [0.1, 0.15) is 11.1 Å². The standard InChI is InChI=1S/C17H18FNO2/c1-21-15-8-6-13(7-9-15)10-11-19-17(20)12-14-4-2-3-5-16(14)18/h2-9H,10-12H2,1H3,(H,19,20). The van der Waals surface area contributed by atoms with Crippen molar-refractivity contribution in [1.29, 1.82) is 0 Å². The zero-order chi connectivity index (χ0) is 15.1. The van der Waals surface area contributed by atoms with E-state index in [0.717, 1.165) is 17.7 Å². The van der Waals surface area contributed by atoms with Crippen molar-refractivity contribution in [3.63, 3.8) is 0 Å². The van der Waals surface area contributed by atoms with Crippen molar-refractivity contribution >= 4 is 5.91 Å². The topological polar surface area (TPSA) is 38.3 Å². The number of halogens is 1. The molecule has 0 saturated heterocycles. The van der Waals surface area contributed by atoms with Crippen LogP contribution in [0.3, 0.4) is 0 Å². The van der Waals surface area contributed by atoms with Crippen molar-refractivity contribution in [2.75, 3.05) is 13.7 Å². The van der Waals surface area contributed by atoms with Crippen LogP contribution in [0.2, 0.25) is 0 Å². The molecule has 1 N–H and O–H groups in total. The van der Waals surface area contributed by atoms with Gasteiger partial charge in [0.05, 0.1) is 13.5 Å². The molecule has 110 valence electrons. The van der Waals surface area contributed by atoms with Gasteiger partial charge in [-0.05, 0) is 35.7 Å². The molecule has 2 aromatic carbocycles. The first kappa shape index (κ1) is 15.0. The summed E-state index contributed by atoms with van der Waals surface area (Å²) in [6.07, 6.45) is 0.794. The van der Waals surface area contributed by atoms with E-state index < -0.39 is 0 Å². The molecule has 0 aromatic heterocycles. The van der Waals surface area contributed by atoms with Crippen molar-refractivity contribution in [3.8, 4) is 5.75 Å². The molecule has 0 atom stereocenters. The van der Waals surface area contributed by atoms with Crippen LogP contribution in [0.5, 0.6) is 5.75 Å². The van der Waals surface area contributed by atoms with E-state index >= 15 is 0 Å². The van der Waals surface area contributed by atoms with Gasteiger partial charge in [-0.2, -0.15) is 0 Å². The number of hydrogen-bond acceptors (Lipinski definition) is 2. The summed E-state index contributed by atoms with van der Waals surface area (Å²) in [6.45, 7) is 0.527. The first-order chi connectivity index (χ1) is 10.2. The van der Waals surface area contributed by atoms with Crippen molar-refractivity contribution in [3.05, 3.63) is 65.5 Å². The Labute approximate surface area is 123 Å². The summed E-state index contributed by atoms with van der Waals surface area (Å²) in [5.41, 5.74) is 1.53. The minimum atomic E-state index is -0.345. The van der Waals surface area contributed by atoms with Crippen LogP contribution in [0.25, 0.3) is 0 Å². The molecule has 4 heteroatoms. The Hall–Kier alpha value is -2.36. The van der Waals surface area contributed by atoms with E-state index in [9.17, 15) is 9.18 Å². The number of methoxy groups -OCH3 is 1. The quantitative estimate of drug-likeness (QED) is 0.887. The van der Waals surface area contributed by atoms with Gasteiger partial charge in [0.25, 0.3) is 0 Å². The number of amides is 1. The van der Waals surface area contributed by atoms with Crippen molar-refractivity contribution in [2.24, 2.45) is 0 Å². The fourth-order valence-corrected chi connectivity index (χ4v) is 2.02. The number of carbonyl (C=O) groups excluding carboxylic acids is 1. The van der Waals surface area contributed by atoms with Gasteiger partial charge in [0.15, 0.2) is 0 Å². The smallest absolute Gasteiger partial charge is 0.224 e. The number of ether oxygens (including phenoxy) is 1. The van der Waals surface area contributed by atoms with Gasteiger partial charge in [0, 0.05) is 6.54 Å². The third-order valence-corrected chi connectivity index (χ3v) is 3.20. The van der Waals surface area contributed by atoms with E-state index in [4.69, 9.17) is 4.74 Å². The molecular formula is C17H18FNO2. The lowest BCUT2D eigenvalue weighted by molar-refractivity contribution is -0.120. The van der Waals surface area contributed by atoms with Gasteiger partial charge in [0.2, 0.25) is 5.91 Å². The highest BCUT2D eigenvalue weighted by molar-refractivity contribution is 5.78. The highest BCUT2D eigenvalue weighted by atomic mass is 19.1. The fraction of sp³-hybridized carbons (Fsp3) is 0.235. The predicted molar refractivity (Wildman–Crippen MR) is 79.8 cm³/mol. The van der Waals surface area contributed by atoms with Gasteiger partial charge in [-0.3, -0.25) is 4.79 Å². The van der Waals surface area contributed by atoms with Crippen LogP contribution >= 0.6 is 0 Å². The van der Waals surface area contributed by atoms with Gasteiger partial charge < -0.3 is 10.1 Å². The molecule has 0 bridgehead atoms. The van der Waals surface area contributed by atoms with E-state index in [1.807, 2.05) is 24.3 Å². The first-order valence-electron chi connectivity index (χ1n) is 6.82. The Kier molecular flexibility index (Phi) is 5.32. The molecule has 0 aliphatic heterocycles. The normalized spacial score (nSPS) is 10.2. The number of nitrogens with one attached hydrogen (secondary N) is 1. The summed E-state index contributed by atoms with van der Waals surface area (Å²) in [6, 6.07) is 14.0.